The van der Waals surface area contributed by atoms with Gasteiger partial charge in [0, 0.05) is 45.5 Å². The highest BCUT2D eigenvalue weighted by atomic mass is 32.2. The molecule has 1 aromatic carbocycles. The van der Waals surface area contributed by atoms with Gasteiger partial charge >= 0.3 is 0 Å². The fourth-order valence-corrected chi connectivity index (χ4v) is 5.50. The van der Waals surface area contributed by atoms with Crippen LogP contribution in [-0.2, 0) is 19.6 Å². The number of nitrogens with zero attached hydrogens (tertiary/aromatic N) is 4. The van der Waals surface area contributed by atoms with Gasteiger partial charge in [-0.15, -0.1) is 0 Å². The van der Waals surface area contributed by atoms with Gasteiger partial charge in [0.25, 0.3) is 5.91 Å². The third kappa shape index (κ3) is 4.48. The lowest BCUT2D eigenvalue weighted by atomic mass is 10.2. The number of ether oxygens (including phenoxy) is 3. The standard InChI is InChI=1S/C22H26N4O6S/c27-22(20-16-31-18-3-1-2-4-19(18)32-20)25-9-7-24(8-10-25)21-6-5-17(15-23-21)33(28,29)26-11-13-30-14-12-26/h1-6,15,20H,7-14,16H2. The summed E-state index contributed by atoms with van der Waals surface area (Å²) in [6.07, 6.45) is 0.747. The maximum Gasteiger partial charge on any atom is 0.267 e. The second-order valence-corrected chi connectivity index (χ2v) is 9.98. The maximum absolute atomic E-state index is 12.9. The van der Waals surface area contributed by atoms with Crippen LogP contribution in [0.5, 0.6) is 11.5 Å². The minimum Gasteiger partial charge on any atom is -0.485 e. The average Bonchev–Trinajstić information content (AvgIpc) is 2.88. The first-order valence-electron chi connectivity index (χ1n) is 11.0. The molecule has 10 nitrogen and oxygen atoms in total. The number of piperazine rings is 1. The molecule has 2 aromatic rings. The summed E-state index contributed by atoms with van der Waals surface area (Å²) in [5.41, 5.74) is 0. The zero-order chi connectivity index (χ0) is 22.8. The molecule has 3 aliphatic heterocycles. The summed E-state index contributed by atoms with van der Waals surface area (Å²) in [5.74, 6) is 1.83. The van der Waals surface area contributed by atoms with Gasteiger partial charge in [0.2, 0.25) is 16.1 Å². The molecule has 3 aliphatic rings. The summed E-state index contributed by atoms with van der Waals surface area (Å²) in [6.45, 7) is 3.93. The molecule has 2 saturated heterocycles. The van der Waals surface area contributed by atoms with Gasteiger partial charge in [-0.25, -0.2) is 13.4 Å². The van der Waals surface area contributed by atoms with Gasteiger partial charge in [0.05, 0.1) is 13.2 Å². The second kappa shape index (κ2) is 9.16. The SMILES string of the molecule is O=C(C1COc2ccccc2O1)N1CCN(c2ccc(S(=O)(=O)N3CCOCC3)cn2)CC1. The first kappa shape index (κ1) is 21.9. The largest absolute Gasteiger partial charge is 0.485 e. The Kier molecular flexibility index (Phi) is 6.09. The number of hydrogen-bond donors (Lipinski definition) is 0. The van der Waals surface area contributed by atoms with Crippen molar-refractivity contribution in [1.82, 2.24) is 14.2 Å². The number of amides is 1. The predicted octanol–water partition coefficient (Wildman–Crippen LogP) is 0.591. The Hall–Kier alpha value is -2.89. The van der Waals surface area contributed by atoms with Crippen molar-refractivity contribution < 1.29 is 27.4 Å². The molecule has 176 valence electrons. The summed E-state index contributed by atoms with van der Waals surface area (Å²) in [6, 6.07) is 10.6. The highest BCUT2D eigenvalue weighted by molar-refractivity contribution is 7.89. The number of fused-ring (bicyclic) bond motifs is 1. The van der Waals surface area contributed by atoms with Gasteiger partial charge in [-0.1, -0.05) is 12.1 Å². The van der Waals surface area contributed by atoms with E-state index in [0.717, 1.165) is 0 Å². The first-order chi connectivity index (χ1) is 16.0. The van der Waals surface area contributed by atoms with E-state index in [1.807, 2.05) is 23.1 Å². The highest BCUT2D eigenvalue weighted by Gasteiger charge is 2.33. The Morgan fingerprint density at radius 2 is 1.67 bits per heavy atom. The van der Waals surface area contributed by atoms with Gasteiger partial charge in [0.1, 0.15) is 17.3 Å². The van der Waals surface area contributed by atoms with E-state index in [0.29, 0.717) is 69.8 Å². The molecule has 1 amide bonds. The van der Waals surface area contributed by atoms with Crippen LogP contribution in [0.4, 0.5) is 5.82 Å². The highest BCUT2D eigenvalue weighted by Crippen LogP contribution is 2.31. The van der Waals surface area contributed by atoms with Gasteiger partial charge < -0.3 is 24.0 Å². The normalized spacial score (nSPS) is 21.6. The van der Waals surface area contributed by atoms with Gasteiger partial charge in [-0.3, -0.25) is 4.79 Å². The van der Waals surface area contributed by atoms with Crippen LogP contribution in [-0.4, -0.2) is 93.7 Å². The van der Waals surface area contributed by atoms with Crippen LogP contribution in [0.25, 0.3) is 0 Å². The molecule has 2 fully saturated rings. The summed E-state index contributed by atoms with van der Waals surface area (Å²) in [4.78, 5) is 21.3. The lowest BCUT2D eigenvalue weighted by Gasteiger charge is -2.37. The van der Waals surface area contributed by atoms with E-state index in [1.165, 1.54) is 10.5 Å². The Bertz CT molecular complexity index is 1100. The molecule has 0 spiro atoms. The molecule has 0 saturated carbocycles. The van der Waals surface area contributed by atoms with Crippen molar-refractivity contribution in [2.45, 2.75) is 11.0 Å². The third-order valence-electron chi connectivity index (χ3n) is 6.03. The van der Waals surface area contributed by atoms with Crippen LogP contribution >= 0.6 is 0 Å². The lowest BCUT2D eigenvalue weighted by Crippen LogP contribution is -2.54. The van der Waals surface area contributed by atoms with Crippen LogP contribution in [0.2, 0.25) is 0 Å². The molecule has 4 heterocycles. The fraction of sp³-hybridized carbons (Fsp3) is 0.455. The van der Waals surface area contributed by atoms with E-state index in [1.54, 1.807) is 23.1 Å². The summed E-state index contributed by atoms with van der Waals surface area (Å²) >= 11 is 0. The fourth-order valence-electron chi connectivity index (χ4n) is 4.15. The Balaban J connectivity index is 1.18. The number of anilines is 1. The number of rotatable bonds is 4. The number of morpholine rings is 1. The van der Waals surface area contributed by atoms with Crippen molar-refractivity contribution in [3.05, 3.63) is 42.6 Å². The average molecular weight is 475 g/mol. The van der Waals surface area contributed by atoms with E-state index in [4.69, 9.17) is 14.2 Å². The Morgan fingerprint density at radius 1 is 0.939 bits per heavy atom. The summed E-state index contributed by atoms with van der Waals surface area (Å²) in [5, 5.41) is 0. The molecule has 1 unspecified atom stereocenters. The van der Waals surface area contributed by atoms with Crippen molar-refractivity contribution >= 4 is 21.7 Å². The van der Waals surface area contributed by atoms with Crippen LogP contribution in [0, 0.1) is 0 Å². The predicted molar refractivity (Wildman–Crippen MR) is 119 cm³/mol. The molecular weight excluding hydrogens is 448 g/mol. The van der Waals surface area contributed by atoms with Gasteiger partial charge in [-0.05, 0) is 24.3 Å². The summed E-state index contributed by atoms with van der Waals surface area (Å²) in [7, 11) is -3.57. The molecule has 33 heavy (non-hydrogen) atoms. The van der Waals surface area contributed by atoms with Gasteiger partial charge in [-0.2, -0.15) is 4.31 Å². The van der Waals surface area contributed by atoms with E-state index >= 15 is 0 Å². The number of carbonyl (C=O) groups is 1. The zero-order valence-corrected chi connectivity index (χ0v) is 18.9. The quantitative estimate of drug-likeness (QED) is 0.635. The van der Waals surface area contributed by atoms with Crippen molar-refractivity contribution in [2.75, 3.05) is 64.0 Å². The topological polar surface area (TPSA) is 102 Å². The molecule has 1 aromatic heterocycles. The number of carbonyl (C=O) groups excluding carboxylic acids is 1. The molecule has 5 rings (SSSR count). The second-order valence-electron chi connectivity index (χ2n) is 8.05. The molecule has 11 heteroatoms. The van der Waals surface area contributed by atoms with Crippen LogP contribution in [0.1, 0.15) is 0 Å². The summed E-state index contributed by atoms with van der Waals surface area (Å²) < 4.78 is 43.7. The van der Waals surface area contributed by atoms with E-state index in [2.05, 4.69) is 4.98 Å². The smallest absolute Gasteiger partial charge is 0.267 e. The minimum atomic E-state index is -3.57. The lowest BCUT2D eigenvalue weighted by molar-refractivity contribution is -0.141. The van der Waals surface area contributed by atoms with Crippen LogP contribution in [0.3, 0.4) is 0 Å². The van der Waals surface area contributed by atoms with Gasteiger partial charge in [0.15, 0.2) is 11.5 Å². The van der Waals surface area contributed by atoms with E-state index < -0.39 is 16.1 Å². The third-order valence-corrected chi connectivity index (χ3v) is 7.91. The molecule has 1 atom stereocenters. The first-order valence-corrected chi connectivity index (χ1v) is 12.4. The monoisotopic (exact) mass is 474 g/mol. The van der Waals surface area contributed by atoms with Crippen LogP contribution in [0.15, 0.2) is 47.5 Å². The van der Waals surface area contributed by atoms with E-state index in [-0.39, 0.29) is 17.4 Å². The Labute approximate surface area is 192 Å². The zero-order valence-electron chi connectivity index (χ0n) is 18.1. The number of hydrogen-bond acceptors (Lipinski definition) is 8. The van der Waals surface area contributed by atoms with Crippen molar-refractivity contribution in [2.24, 2.45) is 0 Å². The number of pyridine rings is 1. The van der Waals surface area contributed by atoms with E-state index in [9.17, 15) is 13.2 Å². The van der Waals surface area contributed by atoms with Crippen molar-refractivity contribution in [3.8, 4) is 11.5 Å². The van der Waals surface area contributed by atoms with Crippen LogP contribution < -0.4 is 14.4 Å². The molecule has 0 radical (unpaired) electrons. The maximum atomic E-state index is 12.9. The molecule has 0 bridgehead atoms. The minimum absolute atomic E-state index is 0.0935. The van der Waals surface area contributed by atoms with Crippen molar-refractivity contribution in [1.29, 1.82) is 0 Å². The number of sulfonamides is 1. The molecule has 0 aliphatic carbocycles. The number of para-hydroxylation sites is 2. The molecular formula is C22H26N4O6S. The number of benzene rings is 1. The molecule has 0 N–H and O–H groups in total. The van der Waals surface area contributed by atoms with Crippen molar-refractivity contribution in [3.63, 3.8) is 0 Å². The Morgan fingerprint density at radius 3 is 2.36 bits per heavy atom. The number of aromatic nitrogens is 1.